The lowest BCUT2D eigenvalue weighted by atomic mass is 9.81. The van der Waals surface area contributed by atoms with Gasteiger partial charge >= 0.3 is 6.16 Å². The highest BCUT2D eigenvalue weighted by atomic mass is 16.7. The van der Waals surface area contributed by atoms with Gasteiger partial charge in [-0.3, -0.25) is 0 Å². The molecule has 0 radical (unpaired) electrons. The van der Waals surface area contributed by atoms with Crippen LogP contribution in [0.5, 0.6) is 0 Å². The fraction of sp³-hybridized carbons (Fsp3) is 0.583. The summed E-state index contributed by atoms with van der Waals surface area (Å²) in [5.41, 5.74) is 2.11. The van der Waals surface area contributed by atoms with Crippen LogP contribution in [0.25, 0.3) is 0 Å². The van der Waals surface area contributed by atoms with E-state index in [0.717, 1.165) is 30.4 Å². The third-order valence-corrected chi connectivity index (χ3v) is 2.87. The van der Waals surface area contributed by atoms with E-state index >= 15 is 0 Å². The second kappa shape index (κ2) is 5.01. The number of ether oxygens (including phenoxy) is 2. The first kappa shape index (κ1) is 11.8. The monoisotopic (exact) mass is 210 g/mol. The van der Waals surface area contributed by atoms with Crippen molar-refractivity contribution in [3.05, 3.63) is 24.3 Å². The first-order chi connectivity index (χ1) is 7.04. The van der Waals surface area contributed by atoms with Crippen LogP contribution in [0, 0.1) is 5.92 Å². The van der Waals surface area contributed by atoms with E-state index < -0.39 is 6.16 Å². The molecule has 2 atom stereocenters. The Morgan fingerprint density at radius 3 is 2.73 bits per heavy atom. The second-order valence-electron chi connectivity index (χ2n) is 4.04. The number of carbonyl (C=O) groups excluding carboxylic acids is 1. The van der Waals surface area contributed by atoms with Gasteiger partial charge in [0, 0.05) is 0 Å². The average molecular weight is 210 g/mol. The summed E-state index contributed by atoms with van der Waals surface area (Å²) < 4.78 is 9.60. The molecule has 0 aliphatic heterocycles. The Kier molecular flexibility index (Phi) is 3.95. The van der Waals surface area contributed by atoms with Crippen molar-refractivity contribution in [2.24, 2.45) is 5.92 Å². The molecule has 0 N–H and O–H groups in total. The van der Waals surface area contributed by atoms with Crippen LogP contribution in [0.2, 0.25) is 0 Å². The van der Waals surface area contributed by atoms with E-state index in [1.54, 1.807) is 0 Å². The molecule has 3 nitrogen and oxygen atoms in total. The molecular weight excluding hydrogens is 192 g/mol. The number of carbonyl (C=O) groups is 1. The van der Waals surface area contributed by atoms with Crippen LogP contribution in [0.1, 0.15) is 26.2 Å². The van der Waals surface area contributed by atoms with E-state index in [0.29, 0.717) is 5.92 Å². The van der Waals surface area contributed by atoms with Gasteiger partial charge in [-0.1, -0.05) is 18.7 Å². The molecule has 0 spiro atoms. The molecule has 0 heterocycles. The van der Waals surface area contributed by atoms with Crippen molar-refractivity contribution in [2.45, 2.75) is 32.3 Å². The highest BCUT2D eigenvalue weighted by Gasteiger charge is 2.28. The fourth-order valence-electron chi connectivity index (χ4n) is 1.81. The zero-order chi connectivity index (χ0) is 11.4. The minimum Gasteiger partial charge on any atom is -0.438 e. The lowest BCUT2D eigenvalue weighted by Crippen LogP contribution is -2.27. The summed E-state index contributed by atoms with van der Waals surface area (Å²) in [4.78, 5) is 11.0. The quantitative estimate of drug-likeness (QED) is 0.519. The first-order valence-electron chi connectivity index (χ1n) is 5.12. The molecule has 0 bridgehead atoms. The minimum absolute atomic E-state index is 0.215. The van der Waals surface area contributed by atoms with Crippen molar-refractivity contribution >= 4 is 6.16 Å². The summed E-state index contributed by atoms with van der Waals surface area (Å²) >= 11 is 0. The molecule has 0 aromatic rings. The predicted molar refractivity (Wildman–Crippen MR) is 58.6 cm³/mol. The molecule has 0 amide bonds. The van der Waals surface area contributed by atoms with Crippen LogP contribution < -0.4 is 0 Å². The van der Waals surface area contributed by atoms with Gasteiger partial charge in [0.2, 0.25) is 0 Å². The topological polar surface area (TPSA) is 35.5 Å². The summed E-state index contributed by atoms with van der Waals surface area (Å²) in [7, 11) is 1.31. The third kappa shape index (κ3) is 3.11. The summed E-state index contributed by atoms with van der Waals surface area (Å²) in [6.45, 7) is 9.86. The van der Waals surface area contributed by atoms with Crippen LogP contribution in [0.3, 0.4) is 0 Å². The van der Waals surface area contributed by atoms with Gasteiger partial charge in [0.15, 0.2) is 0 Å². The van der Waals surface area contributed by atoms with Crippen LogP contribution in [0.15, 0.2) is 24.3 Å². The van der Waals surface area contributed by atoms with Crippen molar-refractivity contribution in [1.82, 2.24) is 0 Å². The molecule has 1 fully saturated rings. The Bertz CT molecular complexity index is 281. The van der Waals surface area contributed by atoms with E-state index in [1.807, 2.05) is 6.92 Å². The maximum Gasteiger partial charge on any atom is 0.508 e. The molecular formula is C12H18O3. The van der Waals surface area contributed by atoms with Crippen LogP contribution in [-0.4, -0.2) is 19.4 Å². The zero-order valence-corrected chi connectivity index (χ0v) is 9.41. The molecule has 0 aromatic heterocycles. The van der Waals surface area contributed by atoms with Crippen LogP contribution in [0.4, 0.5) is 4.79 Å². The maximum atomic E-state index is 11.0. The highest BCUT2D eigenvalue weighted by molar-refractivity contribution is 5.60. The smallest absolute Gasteiger partial charge is 0.438 e. The number of hydrogen-bond donors (Lipinski definition) is 0. The molecule has 1 aliphatic carbocycles. The summed E-state index contributed by atoms with van der Waals surface area (Å²) in [5, 5.41) is 0. The van der Waals surface area contributed by atoms with Gasteiger partial charge in [0.25, 0.3) is 0 Å². The Morgan fingerprint density at radius 2 is 2.20 bits per heavy atom. The summed E-state index contributed by atoms with van der Waals surface area (Å²) in [6.07, 6.45) is 1.87. The van der Waals surface area contributed by atoms with Crippen molar-refractivity contribution in [2.75, 3.05) is 7.11 Å². The van der Waals surface area contributed by atoms with E-state index in [-0.39, 0.29) is 6.10 Å². The number of hydrogen-bond acceptors (Lipinski definition) is 3. The molecule has 1 unspecified atom stereocenters. The maximum absolute atomic E-state index is 11.0. The Labute approximate surface area is 90.8 Å². The molecule has 1 saturated carbocycles. The van der Waals surface area contributed by atoms with Gasteiger partial charge in [0.05, 0.1) is 7.11 Å². The highest BCUT2D eigenvalue weighted by Crippen LogP contribution is 2.33. The predicted octanol–water partition coefficient (Wildman–Crippen LogP) is 3.07. The molecule has 3 heteroatoms. The van der Waals surface area contributed by atoms with Gasteiger partial charge in [-0.15, -0.1) is 0 Å². The Morgan fingerprint density at radius 1 is 1.53 bits per heavy atom. The van der Waals surface area contributed by atoms with E-state index in [4.69, 9.17) is 4.74 Å². The van der Waals surface area contributed by atoms with Crippen molar-refractivity contribution < 1.29 is 14.3 Å². The third-order valence-electron chi connectivity index (χ3n) is 2.87. The standard InChI is InChI=1S/C12H18O3/c1-8(2)10-6-5-9(3)11(7-10)15-12(13)14-4/h10-11H,1,3,5-7H2,2,4H3/t10-,11?/m1/s1. The van der Waals surface area contributed by atoms with E-state index in [9.17, 15) is 4.79 Å². The van der Waals surface area contributed by atoms with Crippen molar-refractivity contribution in [3.63, 3.8) is 0 Å². The number of allylic oxidation sites excluding steroid dienone is 1. The summed E-state index contributed by atoms with van der Waals surface area (Å²) in [6, 6.07) is 0. The van der Waals surface area contributed by atoms with Gasteiger partial charge in [0.1, 0.15) is 6.10 Å². The average Bonchev–Trinajstić information content (AvgIpc) is 2.20. The van der Waals surface area contributed by atoms with Crippen molar-refractivity contribution in [3.8, 4) is 0 Å². The molecule has 0 saturated heterocycles. The molecule has 1 aliphatic rings. The lowest BCUT2D eigenvalue weighted by Gasteiger charge is -2.30. The van der Waals surface area contributed by atoms with E-state index in [1.165, 1.54) is 7.11 Å². The largest absolute Gasteiger partial charge is 0.508 e. The molecule has 0 aromatic carbocycles. The van der Waals surface area contributed by atoms with E-state index in [2.05, 4.69) is 17.9 Å². The second-order valence-corrected chi connectivity index (χ2v) is 4.04. The lowest BCUT2D eigenvalue weighted by molar-refractivity contribution is 0.0361. The van der Waals surface area contributed by atoms with Crippen molar-refractivity contribution in [1.29, 1.82) is 0 Å². The Balaban J connectivity index is 2.57. The minimum atomic E-state index is -0.636. The van der Waals surface area contributed by atoms with Crippen LogP contribution in [-0.2, 0) is 9.47 Å². The Hall–Kier alpha value is -1.25. The molecule has 84 valence electrons. The SMILES string of the molecule is C=C1CC[C@@H](C(=C)C)CC1OC(=O)OC. The van der Waals surface area contributed by atoms with Crippen LogP contribution >= 0.6 is 0 Å². The van der Waals surface area contributed by atoms with Gasteiger partial charge < -0.3 is 9.47 Å². The first-order valence-corrected chi connectivity index (χ1v) is 5.12. The number of rotatable bonds is 2. The fourth-order valence-corrected chi connectivity index (χ4v) is 1.81. The van der Waals surface area contributed by atoms with Gasteiger partial charge in [-0.25, -0.2) is 4.79 Å². The molecule has 15 heavy (non-hydrogen) atoms. The van der Waals surface area contributed by atoms with Gasteiger partial charge in [-0.2, -0.15) is 0 Å². The number of methoxy groups -OCH3 is 1. The zero-order valence-electron chi connectivity index (χ0n) is 9.41. The summed E-state index contributed by atoms with van der Waals surface area (Å²) in [5.74, 6) is 0.421. The van der Waals surface area contributed by atoms with Gasteiger partial charge in [-0.05, 0) is 37.7 Å². The normalized spacial score (nSPS) is 25.9. The molecule has 1 rings (SSSR count).